The number of carbonyl (C=O) groups is 1. The van der Waals surface area contributed by atoms with E-state index in [1.54, 1.807) is 18.9 Å². The zero-order chi connectivity index (χ0) is 16.6. The summed E-state index contributed by atoms with van der Waals surface area (Å²) in [6, 6.07) is 9.08. The molecule has 4 heteroatoms. The molecule has 1 saturated carbocycles. The lowest BCUT2D eigenvalue weighted by atomic mass is 9.99. The van der Waals surface area contributed by atoms with Gasteiger partial charge in [-0.1, -0.05) is 12.1 Å². The third-order valence-electron chi connectivity index (χ3n) is 4.42. The first-order chi connectivity index (χ1) is 11.0. The lowest BCUT2D eigenvalue weighted by molar-refractivity contribution is -0.116. The summed E-state index contributed by atoms with van der Waals surface area (Å²) in [6.45, 7) is 5.68. The van der Waals surface area contributed by atoms with Gasteiger partial charge >= 0.3 is 0 Å². The van der Waals surface area contributed by atoms with Crippen LogP contribution in [-0.2, 0) is 4.79 Å². The number of nitrogens with one attached hydrogen (secondary N) is 1. The quantitative estimate of drug-likeness (QED) is 0.931. The Morgan fingerprint density at radius 3 is 2.65 bits per heavy atom. The number of anilines is 2. The molecule has 0 radical (unpaired) electrons. The molecule has 0 atom stereocenters. The molecule has 1 amide bonds. The summed E-state index contributed by atoms with van der Waals surface area (Å²) >= 11 is 0. The molecule has 120 valence electrons. The number of aryl methyl sites for hydroxylation is 1. The number of carbonyl (C=O) groups excluding carboxylic acids is 1. The Hall–Kier alpha value is -2.36. The average Bonchev–Trinajstić information content (AvgIpc) is 3.32. The number of hydrogen-bond acceptors (Lipinski definition) is 3. The molecule has 1 aliphatic carbocycles. The molecule has 2 aromatic rings. The van der Waals surface area contributed by atoms with Crippen molar-refractivity contribution in [2.75, 3.05) is 17.3 Å². The van der Waals surface area contributed by atoms with Gasteiger partial charge in [0.05, 0.1) is 0 Å². The van der Waals surface area contributed by atoms with Crippen molar-refractivity contribution in [3.05, 3.63) is 41.6 Å². The van der Waals surface area contributed by atoms with Crippen LogP contribution in [-0.4, -0.2) is 24.0 Å². The van der Waals surface area contributed by atoms with Gasteiger partial charge in [-0.15, -0.1) is 0 Å². The molecule has 1 fully saturated rings. The fourth-order valence-corrected chi connectivity index (χ4v) is 2.77. The molecule has 1 aromatic carbocycles. The second-order valence-corrected chi connectivity index (χ2v) is 6.34. The Balaban J connectivity index is 1.95. The minimum atomic E-state index is -0.0137. The van der Waals surface area contributed by atoms with Gasteiger partial charge in [0, 0.05) is 37.5 Å². The third kappa shape index (κ3) is 3.21. The van der Waals surface area contributed by atoms with E-state index in [0.717, 1.165) is 11.1 Å². The maximum Gasteiger partial charge on any atom is 0.224 e. The molecule has 0 aliphatic heterocycles. The van der Waals surface area contributed by atoms with E-state index in [4.69, 9.17) is 0 Å². The Kier molecular flexibility index (Phi) is 4.07. The maximum absolute atomic E-state index is 11.5. The number of hydrogen-bond donors (Lipinski definition) is 1. The summed E-state index contributed by atoms with van der Waals surface area (Å²) in [5.74, 6) is 0.700. The molecule has 1 heterocycles. The summed E-state index contributed by atoms with van der Waals surface area (Å²) < 4.78 is 0. The zero-order valence-corrected chi connectivity index (χ0v) is 14.2. The zero-order valence-electron chi connectivity index (χ0n) is 14.2. The smallest absolute Gasteiger partial charge is 0.224 e. The molecule has 0 spiro atoms. The van der Waals surface area contributed by atoms with Gasteiger partial charge in [0.2, 0.25) is 5.91 Å². The van der Waals surface area contributed by atoms with E-state index in [1.807, 2.05) is 13.1 Å². The predicted octanol–water partition coefficient (Wildman–Crippen LogP) is 3.92. The summed E-state index contributed by atoms with van der Waals surface area (Å²) in [6.07, 6.45) is 4.37. The van der Waals surface area contributed by atoms with Crippen molar-refractivity contribution in [1.82, 2.24) is 4.98 Å². The van der Waals surface area contributed by atoms with Crippen LogP contribution in [0.15, 0.2) is 30.5 Å². The van der Waals surface area contributed by atoms with E-state index in [2.05, 4.69) is 41.5 Å². The van der Waals surface area contributed by atoms with E-state index in [-0.39, 0.29) is 5.91 Å². The lowest BCUT2D eigenvalue weighted by Gasteiger charge is -2.18. The minimum Gasteiger partial charge on any atom is -0.382 e. The van der Waals surface area contributed by atoms with E-state index < -0.39 is 0 Å². The standard InChI is InChI=1S/C19H23N3O/c1-12-10-15(11-20-19(12)22(4)14(3)23)17-6-5-7-18(13(17)2)21-16-8-9-16/h5-7,10-11,16,21H,8-9H2,1-4H3. The van der Waals surface area contributed by atoms with E-state index in [0.29, 0.717) is 11.9 Å². The number of pyridine rings is 1. The molecule has 1 N–H and O–H groups in total. The molecule has 3 rings (SSSR count). The average molecular weight is 309 g/mol. The normalized spacial score (nSPS) is 13.7. The minimum absolute atomic E-state index is 0.0137. The van der Waals surface area contributed by atoms with Crippen LogP contribution >= 0.6 is 0 Å². The maximum atomic E-state index is 11.5. The van der Waals surface area contributed by atoms with Crippen LogP contribution in [0.5, 0.6) is 0 Å². The van der Waals surface area contributed by atoms with Crippen LogP contribution in [0.3, 0.4) is 0 Å². The highest BCUT2D eigenvalue weighted by Crippen LogP contribution is 2.33. The molecule has 1 aromatic heterocycles. The van der Waals surface area contributed by atoms with Crippen LogP contribution in [0, 0.1) is 13.8 Å². The second-order valence-electron chi connectivity index (χ2n) is 6.34. The van der Waals surface area contributed by atoms with Crippen molar-refractivity contribution in [2.45, 2.75) is 39.7 Å². The monoisotopic (exact) mass is 309 g/mol. The Labute approximate surface area is 137 Å². The first-order valence-electron chi connectivity index (χ1n) is 8.05. The Bertz CT molecular complexity index is 750. The molecule has 0 unspecified atom stereocenters. The molecule has 0 bridgehead atoms. The van der Waals surface area contributed by atoms with Crippen molar-refractivity contribution in [2.24, 2.45) is 0 Å². The topological polar surface area (TPSA) is 45.2 Å². The van der Waals surface area contributed by atoms with Gasteiger partial charge in [-0.25, -0.2) is 4.98 Å². The van der Waals surface area contributed by atoms with Gasteiger partial charge in [0.15, 0.2) is 0 Å². The highest BCUT2D eigenvalue weighted by atomic mass is 16.2. The summed E-state index contributed by atoms with van der Waals surface area (Å²) in [4.78, 5) is 17.6. The van der Waals surface area contributed by atoms with Crippen LogP contribution < -0.4 is 10.2 Å². The van der Waals surface area contributed by atoms with E-state index in [9.17, 15) is 4.79 Å². The van der Waals surface area contributed by atoms with Crippen LogP contribution in [0.2, 0.25) is 0 Å². The third-order valence-corrected chi connectivity index (χ3v) is 4.42. The molecular weight excluding hydrogens is 286 g/mol. The van der Waals surface area contributed by atoms with Crippen LogP contribution in [0.25, 0.3) is 11.1 Å². The number of aromatic nitrogens is 1. The largest absolute Gasteiger partial charge is 0.382 e. The van der Waals surface area contributed by atoms with E-state index in [1.165, 1.54) is 29.7 Å². The number of rotatable bonds is 4. The lowest BCUT2D eigenvalue weighted by Crippen LogP contribution is -2.24. The fraction of sp³-hybridized carbons (Fsp3) is 0.368. The van der Waals surface area contributed by atoms with Gasteiger partial charge in [-0.05, 0) is 55.5 Å². The van der Waals surface area contributed by atoms with Crippen molar-refractivity contribution in [3.8, 4) is 11.1 Å². The predicted molar refractivity (Wildman–Crippen MR) is 94.9 cm³/mol. The Morgan fingerprint density at radius 2 is 2.04 bits per heavy atom. The highest BCUT2D eigenvalue weighted by molar-refractivity contribution is 5.90. The van der Waals surface area contributed by atoms with Gasteiger partial charge in [0.25, 0.3) is 0 Å². The summed E-state index contributed by atoms with van der Waals surface area (Å²) in [5, 5.41) is 3.58. The molecule has 4 nitrogen and oxygen atoms in total. The van der Waals surface area contributed by atoms with Gasteiger partial charge in [-0.2, -0.15) is 0 Å². The van der Waals surface area contributed by atoms with Crippen LogP contribution in [0.4, 0.5) is 11.5 Å². The number of nitrogens with zero attached hydrogens (tertiary/aromatic N) is 2. The van der Waals surface area contributed by atoms with Gasteiger partial charge < -0.3 is 5.32 Å². The Morgan fingerprint density at radius 1 is 1.30 bits per heavy atom. The number of benzene rings is 1. The molecular formula is C19H23N3O. The van der Waals surface area contributed by atoms with E-state index >= 15 is 0 Å². The summed E-state index contributed by atoms with van der Waals surface area (Å²) in [5.41, 5.74) is 5.71. The molecule has 0 saturated heterocycles. The first-order valence-corrected chi connectivity index (χ1v) is 8.05. The first kappa shape index (κ1) is 15.5. The van der Waals surface area contributed by atoms with Crippen LogP contribution in [0.1, 0.15) is 30.9 Å². The van der Waals surface area contributed by atoms with Crippen molar-refractivity contribution >= 4 is 17.4 Å². The van der Waals surface area contributed by atoms with Gasteiger partial charge in [0.1, 0.15) is 5.82 Å². The highest BCUT2D eigenvalue weighted by Gasteiger charge is 2.22. The van der Waals surface area contributed by atoms with Crippen molar-refractivity contribution in [3.63, 3.8) is 0 Å². The fourth-order valence-electron chi connectivity index (χ4n) is 2.77. The summed E-state index contributed by atoms with van der Waals surface area (Å²) in [7, 11) is 1.75. The number of amides is 1. The SMILES string of the molecule is CC(=O)N(C)c1ncc(-c2cccc(NC3CC3)c2C)cc1C. The van der Waals surface area contributed by atoms with Crippen molar-refractivity contribution in [1.29, 1.82) is 0 Å². The molecule has 23 heavy (non-hydrogen) atoms. The van der Waals surface area contributed by atoms with Gasteiger partial charge in [-0.3, -0.25) is 9.69 Å². The molecule has 1 aliphatic rings. The van der Waals surface area contributed by atoms with Crippen molar-refractivity contribution < 1.29 is 4.79 Å². The second kappa shape index (κ2) is 6.03.